The van der Waals surface area contributed by atoms with Crippen molar-refractivity contribution >= 4 is 71.2 Å². The lowest BCUT2D eigenvalue weighted by atomic mass is 9.70. The second kappa shape index (κ2) is 16.1. The Morgan fingerprint density at radius 1 is 0.280 bits per heavy atom. The molecule has 1 spiro atoms. The van der Waals surface area contributed by atoms with Gasteiger partial charge in [0.1, 0.15) is 0 Å². The van der Waals surface area contributed by atoms with Crippen LogP contribution in [0.1, 0.15) is 22.3 Å². The summed E-state index contributed by atoms with van der Waals surface area (Å²) in [5.74, 6) is 0. The molecule has 14 aromatic rings. The van der Waals surface area contributed by atoms with Crippen molar-refractivity contribution in [2.75, 3.05) is 4.90 Å². The predicted molar refractivity (Wildman–Crippen MR) is 315 cm³/mol. The number of benzene rings is 13. The van der Waals surface area contributed by atoms with Crippen molar-refractivity contribution in [2.24, 2.45) is 0 Å². The summed E-state index contributed by atoms with van der Waals surface area (Å²) in [7, 11) is 0. The van der Waals surface area contributed by atoms with E-state index < -0.39 is 5.41 Å². The molecule has 0 N–H and O–H groups in total. The van der Waals surface area contributed by atoms with E-state index in [1.165, 1.54) is 115 Å². The van der Waals surface area contributed by atoms with Gasteiger partial charge in [-0.25, -0.2) is 0 Å². The zero-order chi connectivity index (χ0) is 49.2. The number of hydrogen-bond acceptors (Lipinski definition) is 1. The highest BCUT2D eigenvalue weighted by Gasteiger charge is 2.53. The number of hydrogen-bond donors (Lipinski definition) is 0. The largest absolute Gasteiger partial charge is 0.310 e. The van der Waals surface area contributed by atoms with Crippen LogP contribution >= 0.6 is 0 Å². The van der Waals surface area contributed by atoms with Crippen molar-refractivity contribution in [3.05, 3.63) is 301 Å². The maximum Gasteiger partial charge on any atom is 0.0746 e. The van der Waals surface area contributed by atoms with Gasteiger partial charge in [0, 0.05) is 33.4 Å². The van der Waals surface area contributed by atoms with E-state index in [9.17, 15) is 0 Å². The van der Waals surface area contributed by atoms with Gasteiger partial charge in [-0.1, -0.05) is 218 Å². The lowest BCUT2D eigenvalue weighted by molar-refractivity contribution is 0.793. The monoisotopic (exact) mass is 950 g/mol. The van der Waals surface area contributed by atoms with E-state index >= 15 is 0 Å². The SMILES string of the molecule is c1ccc(-n2c3ccccc3c3c(-c4cccc(-c5ccc(N(c6ccc7c8ccccc8c8ccccc8c7c6)c6cccc7c6C6(c8ccccc8-c8ccccc86)c6ccccc6-7)cc5)c4)cccc32)cc1. The Hall–Kier alpha value is -9.76. The lowest BCUT2D eigenvalue weighted by Crippen LogP contribution is -2.28. The molecule has 1 aromatic heterocycles. The molecule has 0 atom stereocenters. The van der Waals surface area contributed by atoms with Gasteiger partial charge >= 0.3 is 0 Å². The van der Waals surface area contributed by atoms with Crippen LogP contribution in [-0.4, -0.2) is 4.57 Å². The van der Waals surface area contributed by atoms with Gasteiger partial charge in [0.05, 0.1) is 22.1 Å². The first-order valence-electron chi connectivity index (χ1n) is 26.1. The third-order valence-electron chi connectivity index (χ3n) is 16.6. The summed E-state index contributed by atoms with van der Waals surface area (Å²) in [6.07, 6.45) is 0. The van der Waals surface area contributed by atoms with Crippen LogP contribution in [0.25, 0.3) is 104 Å². The fourth-order valence-corrected chi connectivity index (χ4v) is 13.6. The molecule has 0 amide bonds. The molecule has 0 saturated carbocycles. The molecule has 2 aliphatic rings. The third kappa shape index (κ3) is 5.91. The van der Waals surface area contributed by atoms with E-state index in [0.717, 1.165) is 28.3 Å². The molecule has 2 nitrogen and oxygen atoms in total. The van der Waals surface area contributed by atoms with E-state index in [0.29, 0.717) is 0 Å². The molecule has 13 aromatic carbocycles. The van der Waals surface area contributed by atoms with Crippen LogP contribution in [0, 0.1) is 0 Å². The summed E-state index contributed by atoms with van der Waals surface area (Å²) in [6.45, 7) is 0. The first kappa shape index (κ1) is 41.8. The lowest BCUT2D eigenvalue weighted by Gasteiger charge is -2.36. The summed E-state index contributed by atoms with van der Waals surface area (Å²) >= 11 is 0. The quantitative estimate of drug-likeness (QED) is 0.151. The van der Waals surface area contributed by atoms with Crippen molar-refractivity contribution in [1.82, 2.24) is 4.57 Å². The number of fused-ring (bicyclic) bond motifs is 19. The van der Waals surface area contributed by atoms with Crippen molar-refractivity contribution in [3.8, 4) is 50.2 Å². The van der Waals surface area contributed by atoms with E-state index in [1.54, 1.807) is 0 Å². The van der Waals surface area contributed by atoms with E-state index in [4.69, 9.17) is 0 Å². The van der Waals surface area contributed by atoms with E-state index in [-0.39, 0.29) is 0 Å². The van der Waals surface area contributed by atoms with Gasteiger partial charge < -0.3 is 9.47 Å². The molecule has 0 radical (unpaired) electrons. The first-order valence-corrected chi connectivity index (χ1v) is 26.1. The Morgan fingerprint density at radius 3 is 1.44 bits per heavy atom. The number of para-hydroxylation sites is 2. The highest BCUT2D eigenvalue weighted by molar-refractivity contribution is 6.26. The molecule has 0 unspecified atom stereocenters. The highest BCUT2D eigenvalue weighted by Crippen LogP contribution is 2.65. The van der Waals surface area contributed by atoms with Crippen LogP contribution in [0.15, 0.2) is 279 Å². The molecule has 0 fully saturated rings. The maximum atomic E-state index is 2.54. The Balaban J connectivity index is 0.905. The minimum Gasteiger partial charge on any atom is -0.310 e. The zero-order valence-electron chi connectivity index (χ0n) is 41.0. The minimum absolute atomic E-state index is 0.537. The van der Waals surface area contributed by atoms with Crippen molar-refractivity contribution in [3.63, 3.8) is 0 Å². The van der Waals surface area contributed by atoms with E-state index in [2.05, 4.69) is 289 Å². The van der Waals surface area contributed by atoms with Gasteiger partial charge in [0.15, 0.2) is 0 Å². The number of anilines is 3. The molecule has 0 aliphatic heterocycles. The van der Waals surface area contributed by atoms with Gasteiger partial charge in [-0.05, 0) is 154 Å². The molecule has 2 heteroatoms. The Morgan fingerprint density at radius 2 is 0.760 bits per heavy atom. The van der Waals surface area contributed by atoms with Crippen molar-refractivity contribution in [1.29, 1.82) is 0 Å². The average molecular weight is 951 g/mol. The van der Waals surface area contributed by atoms with Crippen molar-refractivity contribution < 1.29 is 0 Å². The summed E-state index contributed by atoms with van der Waals surface area (Å²) < 4.78 is 2.40. The molecular weight excluding hydrogens is 905 g/mol. The van der Waals surface area contributed by atoms with Gasteiger partial charge in [-0.15, -0.1) is 0 Å². The molecular formula is C73H46N2. The fourth-order valence-electron chi connectivity index (χ4n) is 13.6. The number of rotatable bonds is 6. The second-order valence-electron chi connectivity index (χ2n) is 20.3. The third-order valence-corrected chi connectivity index (χ3v) is 16.6. The van der Waals surface area contributed by atoms with Crippen LogP contribution in [-0.2, 0) is 5.41 Å². The molecule has 2 aliphatic carbocycles. The Labute approximate surface area is 435 Å². The van der Waals surface area contributed by atoms with E-state index in [1.807, 2.05) is 0 Å². The van der Waals surface area contributed by atoms with Gasteiger partial charge in [-0.3, -0.25) is 0 Å². The average Bonchev–Trinajstić information content (AvgIpc) is 4.20. The standard InChI is InChI=1S/C73H46N2/c1-2-21-50(22-3-1)75-68-36-15-11-30-63(68)71-53(31-17-37-69(71)75)49-20-16-19-48(45-49)47-39-41-51(42-40-47)74(52-43-44-58-56-25-5-4-23-54(56)55-24-6-7-26-57(55)64(58)46-52)70-38-18-32-62-61-29-10-14-35-67(61)73(72(62)70)65-33-12-8-27-59(65)60-28-9-13-34-66(60)73/h1-46H. The smallest absolute Gasteiger partial charge is 0.0746 e. The second-order valence-corrected chi connectivity index (χ2v) is 20.3. The topological polar surface area (TPSA) is 8.17 Å². The minimum atomic E-state index is -0.537. The molecule has 0 bridgehead atoms. The van der Waals surface area contributed by atoms with Gasteiger partial charge in [0.2, 0.25) is 0 Å². The van der Waals surface area contributed by atoms with Crippen LogP contribution in [0.5, 0.6) is 0 Å². The fraction of sp³-hybridized carbons (Fsp3) is 0.0137. The van der Waals surface area contributed by atoms with Gasteiger partial charge in [-0.2, -0.15) is 0 Å². The number of aromatic nitrogens is 1. The van der Waals surface area contributed by atoms with Crippen LogP contribution < -0.4 is 4.90 Å². The summed E-state index contributed by atoms with van der Waals surface area (Å²) in [6, 6.07) is 104. The summed E-state index contributed by atoms with van der Waals surface area (Å²) in [5, 5.41) is 10.1. The van der Waals surface area contributed by atoms with Crippen molar-refractivity contribution in [2.45, 2.75) is 5.41 Å². The summed E-state index contributed by atoms with van der Waals surface area (Å²) in [5.41, 5.74) is 21.6. The van der Waals surface area contributed by atoms with Crippen LogP contribution in [0.4, 0.5) is 17.1 Å². The zero-order valence-corrected chi connectivity index (χ0v) is 41.0. The predicted octanol–water partition coefficient (Wildman–Crippen LogP) is 19.4. The normalized spacial score (nSPS) is 12.9. The summed E-state index contributed by atoms with van der Waals surface area (Å²) in [4.78, 5) is 2.54. The number of nitrogens with zero attached hydrogens (tertiary/aromatic N) is 2. The molecule has 75 heavy (non-hydrogen) atoms. The highest BCUT2D eigenvalue weighted by atomic mass is 15.1. The maximum absolute atomic E-state index is 2.54. The Kier molecular flexibility index (Phi) is 8.99. The van der Waals surface area contributed by atoms with Crippen LogP contribution in [0.2, 0.25) is 0 Å². The molecule has 0 saturated heterocycles. The first-order chi connectivity index (χ1) is 37.2. The van der Waals surface area contributed by atoms with Gasteiger partial charge in [0.25, 0.3) is 0 Å². The van der Waals surface area contributed by atoms with Crippen LogP contribution in [0.3, 0.4) is 0 Å². The molecule has 348 valence electrons. The molecule has 1 heterocycles. The Bertz CT molecular complexity index is 4560. The molecule has 16 rings (SSSR count).